The van der Waals surface area contributed by atoms with Crippen LogP contribution in [0.2, 0.25) is 5.02 Å². The van der Waals surface area contributed by atoms with Crippen LogP contribution in [-0.2, 0) is 0 Å². The molecule has 20 heavy (non-hydrogen) atoms. The van der Waals surface area contributed by atoms with Crippen LogP contribution in [0.15, 0.2) is 36.5 Å². The van der Waals surface area contributed by atoms with Crippen molar-refractivity contribution in [2.75, 3.05) is 7.11 Å². The molecule has 0 aliphatic rings. The molecule has 0 amide bonds. The Balaban J connectivity index is 2.23. The number of phenols is 1. The van der Waals surface area contributed by atoms with Gasteiger partial charge in [-0.05, 0) is 42.3 Å². The minimum absolute atomic E-state index is 0.136. The highest BCUT2D eigenvalue weighted by Crippen LogP contribution is 2.37. The molecule has 0 spiro atoms. The van der Waals surface area contributed by atoms with Gasteiger partial charge >= 0.3 is 0 Å². The molecular weight excluding hydrogens is 274 g/mol. The standard InChI is InChI=1S/C16H14ClNO2/c1-9-5-16(20-2)15(19)7-12(9)13-8-18-14-6-10(17)3-4-11(13)14/h3-8,18-19H,1-2H3. The van der Waals surface area contributed by atoms with Crippen LogP contribution in [0.1, 0.15) is 5.56 Å². The maximum atomic E-state index is 9.97. The molecule has 0 fully saturated rings. The van der Waals surface area contributed by atoms with E-state index in [1.165, 1.54) is 0 Å². The summed E-state index contributed by atoms with van der Waals surface area (Å²) in [4.78, 5) is 3.21. The maximum Gasteiger partial charge on any atom is 0.160 e. The van der Waals surface area contributed by atoms with Gasteiger partial charge in [0.15, 0.2) is 11.5 Å². The number of aromatic hydroxyl groups is 1. The van der Waals surface area contributed by atoms with Gasteiger partial charge in [-0.1, -0.05) is 17.7 Å². The summed E-state index contributed by atoms with van der Waals surface area (Å²) < 4.78 is 5.13. The van der Waals surface area contributed by atoms with E-state index in [-0.39, 0.29) is 5.75 Å². The van der Waals surface area contributed by atoms with E-state index < -0.39 is 0 Å². The minimum atomic E-state index is 0.136. The van der Waals surface area contributed by atoms with E-state index in [1.54, 1.807) is 13.2 Å². The Hall–Kier alpha value is -2.13. The average molecular weight is 288 g/mol. The first kappa shape index (κ1) is 12.9. The smallest absolute Gasteiger partial charge is 0.160 e. The van der Waals surface area contributed by atoms with Crippen molar-refractivity contribution in [3.8, 4) is 22.6 Å². The predicted octanol–water partition coefficient (Wildman–Crippen LogP) is 4.51. The van der Waals surface area contributed by atoms with E-state index in [4.69, 9.17) is 16.3 Å². The molecule has 4 heteroatoms. The summed E-state index contributed by atoms with van der Waals surface area (Å²) in [6.07, 6.45) is 1.93. The van der Waals surface area contributed by atoms with Crippen molar-refractivity contribution < 1.29 is 9.84 Å². The molecule has 102 valence electrons. The molecule has 0 atom stereocenters. The summed E-state index contributed by atoms with van der Waals surface area (Å²) in [5.74, 6) is 0.616. The third-order valence-electron chi connectivity index (χ3n) is 3.46. The third kappa shape index (κ3) is 2.00. The number of nitrogens with one attached hydrogen (secondary N) is 1. The number of aromatic amines is 1. The second-order valence-corrected chi connectivity index (χ2v) is 5.17. The Bertz CT molecular complexity index is 793. The number of ether oxygens (including phenoxy) is 1. The number of phenolic OH excluding ortho intramolecular Hbond substituents is 1. The van der Waals surface area contributed by atoms with Crippen molar-refractivity contribution >= 4 is 22.5 Å². The van der Waals surface area contributed by atoms with Crippen molar-refractivity contribution in [3.05, 3.63) is 47.1 Å². The van der Waals surface area contributed by atoms with Gasteiger partial charge in [-0.2, -0.15) is 0 Å². The number of aromatic nitrogens is 1. The zero-order chi connectivity index (χ0) is 14.3. The molecule has 2 aromatic carbocycles. The van der Waals surface area contributed by atoms with Gasteiger partial charge < -0.3 is 14.8 Å². The Morgan fingerprint density at radius 1 is 1.15 bits per heavy atom. The van der Waals surface area contributed by atoms with E-state index in [1.807, 2.05) is 37.4 Å². The van der Waals surface area contributed by atoms with E-state index in [9.17, 15) is 5.11 Å². The molecule has 3 rings (SSSR count). The molecule has 0 bridgehead atoms. The van der Waals surface area contributed by atoms with Crippen molar-refractivity contribution in [1.29, 1.82) is 0 Å². The predicted molar refractivity (Wildman–Crippen MR) is 81.7 cm³/mol. The number of H-pyrrole nitrogens is 1. The number of methoxy groups -OCH3 is 1. The van der Waals surface area contributed by atoms with Crippen LogP contribution in [0.4, 0.5) is 0 Å². The SMILES string of the molecule is COc1cc(C)c(-c2c[nH]c3cc(Cl)ccc23)cc1O. The topological polar surface area (TPSA) is 45.2 Å². The van der Waals surface area contributed by atoms with Crippen molar-refractivity contribution in [2.45, 2.75) is 6.92 Å². The van der Waals surface area contributed by atoms with Gasteiger partial charge in [-0.3, -0.25) is 0 Å². The highest BCUT2D eigenvalue weighted by atomic mass is 35.5. The van der Waals surface area contributed by atoms with Gasteiger partial charge in [0.05, 0.1) is 7.11 Å². The highest BCUT2D eigenvalue weighted by Gasteiger charge is 2.12. The molecule has 2 N–H and O–H groups in total. The van der Waals surface area contributed by atoms with Gasteiger partial charge in [0.1, 0.15) is 0 Å². The van der Waals surface area contributed by atoms with Crippen LogP contribution in [0, 0.1) is 6.92 Å². The lowest BCUT2D eigenvalue weighted by Gasteiger charge is -2.09. The lowest BCUT2D eigenvalue weighted by Crippen LogP contribution is -1.88. The molecule has 0 radical (unpaired) electrons. The summed E-state index contributed by atoms with van der Waals surface area (Å²) >= 11 is 5.99. The molecule has 0 unspecified atom stereocenters. The fourth-order valence-corrected chi connectivity index (χ4v) is 2.62. The van der Waals surface area contributed by atoms with E-state index in [2.05, 4.69) is 4.98 Å². The van der Waals surface area contributed by atoms with Crippen LogP contribution in [0.25, 0.3) is 22.0 Å². The number of hydrogen-bond acceptors (Lipinski definition) is 2. The Morgan fingerprint density at radius 3 is 2.70 bits per heavy atom. The second-order valence-electron chi connectivity index (χ2n) is 4.73. The molecule has 3 nitrogen and oxygen atoms in total. The summed E-state index contributed by atoms with van der Waals surface area (Å²) in [5.41, 5.74) is 4.02. The normalized spacial score (nSPS) is 10.9. The van der Waals surface area contributed by atoms with Crippen LogP contribution >= 0.6 is 11.6 Å². The van der Waals surface area contributed by atoms with E-state index in [0.717, 1.165) is 27.6 Å². The monoisotopic (exact) mass is 287 g/mol. The number of benzene rings is 2. The van der Waals surface area contributed by atoms with Crippen LogP contribution in [0.3, 0.4) is 0 Å². The summed E-state index contributed by atoms with van der Waals surface area (Å²) in [7, 11) is 1.54. The Morgan fingerprint density at radius 2 is 1.95 bits per heavy atom. The number of hydrogen-bond donors (Lipinski definition) is 2. The van der Waals surface area contributed by atoms with E-state index in [0.29, 0.717) is 10.8 Å². The van der Waals surface area contributed by atoms with Crippen LogP contribution in [-0.4, -0.2) is 17.2 Å². The first-order valence-electron chi connectivity index (χ1n) is 6.25. The van der Waals surface area contributed by atoms with Gasteiger partial charge in [0, 0.05) is 27.7 Å². The van der Waals surface area contributed by atoms with E-state index >= 15 is 0 Å². The number of rotatable bonds is 2. The van der Waals surface area contributed by atoms with Crippen molar-refractivity contribution in [1.82, 2.24) is 4.98 Å². The third-order valence-corrected chi connectivity index (χ3v) is 3.69. The average Bonchev–Trinajstić information content (AvgIpc) is 2.83. The molecule has 0 aliphatic heterocycles. The Kier molecular flexibility index (Phi) is 3.07. The molecule has 1 heterocycles. The summed E-state index contributed by atoms with van der Waals surface area (Å²) in [5, 5.41) is 11.7. The molecule has 0 aliphatic carbocycles. The second kappa shape index (κ2) is 4.76. The van der Waals surface area contributed by atoms with Crippen molar-refractivity contribution in [3.63, 3.8) is 0 Å². The number of aryl methyl sites for hydroxylation is 1. The summed E-state index contributed by atoms with van der Waals surface area (Å²) in [6.45, 7) is 1.99. The molecule has 0 saturated heterocycles. The molecule has 1 aromatic heterocycles. The fourth-order valence-electron chi connectivity index (χ4n) is 2.44. The maximum absolute atomic E-state index is 9.97. The highest BCUT2D eigenvalue weighted by molar-refractivity contribution is 6.31. The lowest BCUT2D eigenvalue weighted by atomic mass is 9.99. The van der Waals surface area contributed by atoms with Gasteiger partial charge in [-0.25, -0.2) is 0 Å². The first-order valence-corrected chi connectivity index (χ1v) is 6.62. The quantitative estimate of drug-likeness (QED) is 0.728. The first-order chi connectivity index (χ1) is 9.60. The Labute approximate surface area is 121 Å². The number of halogens is 1. The molecule has 3 aromatic rings. The minimum Gasteiger partial charge on any atom is -0.504 e. The summed E-state index contributed by atoms with van der Waals surface area (Å²) in [6, 6.07) is 9.29. The molecule has 0 saturated carbocycles. The lowest BCUT2D eigenvalue weighted by molar-refractivity contribution is 0.373. The fraction of sp³-hybridized carbons (Fsp3) is 0.125. The zero-order valence-electron chi connectivity index (χ0n) is 11.2. The van der Waals surface area contributed by atoms with Gasteiger partial charge in [0.25, 0.3) is 0 Å². The number of fused-ring (bicyclic) bond motifs is 1. The van der Waals surface area contributed by atoms with Gasteiger partial charge in [-0.15, -0.1) is 0 Å². The van der Waals surface area contributed by atoms with Gasteiger partial charge in [0.2, 0.25) is 0 Å². The van der Waals surface area contributed by atoms with Crippen molar-refractivity contribution in [2.24, 2.45) is 0 Å². The largest absolute Gasteiger partial charge is 0.504 e. The van der Waals surface area contributed by atoms with Crippen LogP contribution < -0.4 is 4.74 Å². The van der Waals surface area contributed by atoms with Crippen LogP contribution in [0.5, 0.6) is 11.5 Å². The molecular formula is C16H14ClNO2. The zero-order valence-corrected chi connectivity index (χ0v) is 12.0.